The lowest BCUT2D eigenvalue weighted by atomic mass is 10.3. The van der Waals surface area contributed by atoms with E-state index < -0.39 is 45.2 Å². The van der Waals surface area contributed by atoms with Gasteiger partial charge >= 0.3 is 11.4 Å². The van der Waals surface area contributed by atoms with Crippen molar-refractivity contribution in [2.24, 2.45) is 0 Å². The number of rotatable bonds is 8. The highest BCUT2D eigenvalue weighted by Gasteiger charge is 2.37. The summed E-state index contributed by atoms with van der Waals surface area (Å²) in [6.45, 7) is 6.99. The molecule has 104 valence electrons. The van der Waals surface area contributed by atoms with Crippen LogP contribution in [0.25, 0.3) is 0 Å². The monoisotopic (exact) mass is 312 g/mol. The van der Waals surface area contributed by atoms with Gasteiger partial charge in [-0.1, -0.05) is 12.2 Å². The minimum atomic E-state index is -1.84. The van der Waals surface area contributed by atoms with E-state index in [0.29, 0.717) is 11.5 Å². The first kappa shape index (κ1) is 15.9. The largest absolute Gasteiger partial charge is 0.305 e. The zero-order chi connectivity index (χ0) is 13.5. The molecule has 0 aromatic carbocycles. The van der Waals surface area contributed by atoms with E-state index in [2.05, 4.69) is 13.2 Å². The predicted octanol–water partition coefficient (Wildman–Crippen LogP) is 0.219. The van der Waals surface area contributed by atoms with Crippen LogP contribution >= 0.6 is 0 Å². The average molecular weight is 312 g/mol. The van der Waals surface area contributed by atoms with Crippen molar-refractivity contribution in [2.75, 3.05) is 23.0 Å². The first-order chi connectivity index (χ1) is 8.56. The predicted molar refractivity (Wildman–Crippen MR) is 74.0 cm³/mol. The van der Waals surface area contributed by atoms with Gasteiger partial charge in [0.05, 0.1) is 11.5 Å². The summed E-state index contributed by atoms with van der Waals surface area (Å²) in [7, 11) is -2.28. The molecule has 1 rings (SSSR count). The fourth-order valence-electron chi connectivity index (χ4n) is 1.38. The first-order valence-corrected chi connectivity index (χ1v) is 9.22. The molecule has 0 aromatic rings. The number of hydrogen-bond donors (Lipinski definition) is 0. The molecule has 1 aliphatic rings. The Kier molecular flexibility index (Phi) is 7.16. The molecule has 0 radical (unpaired) electrons. The first-order valence-electron chi connectivity index (χ1n) is 5.24. The molecule has 1 aliphatic heterocycles. The Balaban J connectivity index is 2.55. The molecule has 0 aliphatic carbocycles. The summed E-state index contributed by atoms with van der Waals surface area (Å²) < 4.78 is 44.4. The molecule has 0 N–H and O–H groups in total. The quantitative estimate of drug-likeness (QED) is 0.600. The van der Waals surface area contributed by atoms with Crippen LogP contribution in [0.4, 0.5) is 0 Å². The smallest absolute Gasteiger partial charge is 0.261 e. The zero-order valence-electron chi connectivity index (χ0n) is 9.82. The van der Waals surface area contributed by atoms with Gasteiger partial charge in [-0.05, 0) is 0 Å². The average Bonchev–Trinajstić information content (AvgIpc) is 2.59. The normalized spacial score (nSPS) is 30.8. The zero-order valence-corrected chi connectivity index (χ0v) is 12.3. The highest BCUT2D eigenvalue weighted by molar-refractivity contribution is 7.85. The van der Waals surface area contributed by atoms with Crippen molar-refractivity contribution in [3.63, 3.8) is 0 Å². The molecule has 4 unspecified atom stereocenters. The maximum absolute atomic E-state index is 11.6. The molecule has 0 spiro atoms. The van der Waals surface area contributed by atoms with Crippen molar-refractivity contribution < 1.29 is 21.0 Å². The van der Waals surface area contributed by atoms with Crippen LogP contribution in [0.1, 0.15) is 0 Å². The molecule has 0 bridgehead atoms. The van der Waals surface area contributed by atoms with E-state index in [1.807, 2.05) is 0 Å². The maximum Gasteiger partial charge on any atom is 0.305 e. The molecular weight excluding hydrogens is 296 g/mol. The Hall–Kier alpha value is -0.150. The summed E-state index contributed by atoms with van der Waals surface area (Å²) in [6.07, 6.45) is 1.99. The van der Waals surface area contributed by atoms with E-state index in [0.717, 1.165) is 0 Å². The van der Waals surface area contributed by atoms with Crippen LogP contribution in [0.5, 0.6) is 0 Å². The second-order valence-electron chi connectivity index (χ2n) is 3.60. The lowest BCUT2D eigenvalue weighted by molar-refractivity contribution is 0.193. The highest BCUT2D eigenvalue weighted by atomic mass is 32.2. The number of hydrogen-bond acceptors (Lipinski definition) is 5. The van der Waals surface area contributed by atoms with Gasteiger partial charge in [0.1, 0.15) is 12.2 Å². The molecule has 18 heavy (non-hydrogen) atoms. The minimum absolute atomic E-state index is 0.202. The van der Waals surface area contributed by atoms with Crippen molar-refractivity contribution in [3.8, 4) is 0 Å². The van der Waals surface area contributed by atoms with E-state index >= 15 is 0 Å². The van der Waals surface area contributed by atoms with Crippen LogP contribution in [0.15, 0.2) is 25.3 Å². The van der Waals surface area contributed by atoms with E-state index in [4.69, 9.17) is 8.37 Å². The van der Waals surface area contributed by atoms with Crippen molar-refractivity contribution in [1.29, 1.82) is 0 Å². The third-order valence-corrected chi connectivity index (χ3v) is 5.55. The molecule has 1 fully saturated rings. The molecular formula is C10H16O5S3. The SMILES string of the molecule is C=CCS(=O)CC1OS(=O)OC1CS(=O)CC=C. The van der Waals surface area contributed by atoms with Crippen LogP contribution in [0, 0.1) is 0 Å². The van der Waals surface area contributed by atoms with Crippen molar-refractivity contribution in [1.82, 2.24) is 0 Å². The Morgan fingerprint density at radius 2 is 1.39 bits per heavy atom. The third-order valence-electron chi connectivity index (χ3n) is 2.13. The molecule has 8 heteroatoms. The molecule has 4 atom stereocenters. The standard InChI is InChI=1S/C10H16O5S3/c1-3-5-16(11)7-9-10(15-18(13)14-9)8-17(12)6-4-2/h3-4,9-10H,1-2,5-8H2. The van der Waals surface area contributed by atoms with Gasteiger partial charge in [-0.2, -0.15) is 4.21 Å². The van der Waals surface area contributed by atoms with Gasteiger partial charge in [-0.15, -0.1) is 13.2 Å². The van der Waals surface area contributed by atoms with Crippen molar-refractivity contribution in [2.45, 2.75) is 12.2 Å². The van der Waals surface area contributed by atoms with Crippen LogP contribution < -0.4 is 0 Å². The summed E-state index contributed by atoms with van der Waals surface area (Å²) >= 11 is -1.84. The summed E-state index contributed by atoms with van der Waals surface area (Å²) in [6, 6.07) is 0. The summed E-state index contributed by atoms with van der Waals surface area (Å²) in [5.74, 6) is 1.09. The lowest BCUT2D eigenvalue weighted by Gasteiger charge is -2.13. The Bertz CT molecular complexity index is 348. The van der Waals surface area contributed by atoms with Gasteiger partial charge in [-0.25, -0.2) is 0 Å². The van der Waals surface area contributed by atoms with Gasteiger partial charge in [0, 0.05) is 33.1 Å². The fourth-order valence-corrected chi connectivity index (χ4v) is 4.49. The van der Waals surface area contributed by atoms with E-state index in [1.54, 1.807) is 12.2 Å². The van der Waals surface area contributed by atoms with Gasteiger partial charge in [0.25, 0.3) is 0 Å². The lowest BCUT2D eigenvalue weighted by Crippen LogP contribution is -2.33. The van der Waals surface area contributed by atoms with Gasteiger partial charge in [0.2, 0.25) is 0 Å². The highest BCUT2D eigenvalue weighted by Crippen LogP contribution is 2.19. The molecule has 0 amide bonds. The van der Waals surface area contributed by atoms with Gasteiger partial charge in [-0.3, -0.25) is 16.8 Å². The third kappa shape index (κ3) is 5.23. The Morgan fingerprint density at radius 3 is 1.72 bits per heavy atom. The topological polar surface area (TPSA) is 69.7 Å². The van der Waals surface area contributed by atoms with Crippen LogP contribution in [0.2, 0.25) is 0 Å². The Labute approximate surface area is 114 Å². The van der Waals surface area contributed by atoms with Crippen LogP contribution in [-0.2, 0) is 41.3 Å². The molecule has 5 nitrogen and oxygen atoms in total. The summed E-state index contributed by atoms with van der Waals surface area (Å²) in [4.78, 5) is 0. The van der Waals surface area contributed by atoms with E-state index in [1.165, 1.54) is 0 Å². The molecule has 0 aromatic heterocycles. The molecule has 0 saturated carbocycles. The van der Waals surface area contributed by atoms with Crippen molar-refractivity contribution in [3.05, 3.63) is 25.3 Å². The van der Waals surface area contributed by atoms with Gasteiger partial charge in [0.15, 0.2) is 0 Å². The van der Waals surface area contributed by atoms with Gasteiger partial charge < -0.3 is 0 Å². The minimum Gasteiger partial charge on any atom is -0.261 e. The molecule has 1 saturated heterocycles. The molecule has 1 heterocycles. The van der Waals surface area contributed by atoms with E-state index in [-0.39, 0.29) is 11.5 Å². The van der Waals surface area contributed by atoms with Crippen molar-refractivity contribution >= 4 is 33.0 Å². The Morgan fingerprint density at radius 1 is 1.00 bits per heavy atom. The fraction of sp³-hybridized carbons (Fsp3) is 0.600. The van der Waals surface area contributed by atoms with Crippen LogP contribution in [-0.4, -0.2) is 47.8 Å². The van der Waals surface area contributed by atoms with E-state index in [9.17, 15) is 12.6 Å². The summed E-state index contributed by atoms with van der Waals surface area (Å²) in [5.41, 5.74) is 0. The van der Waals surface area contributed by atoms with Crippen LogP contribution in [0.3, 0.4) is 0 Å². The summed E-state index contributed by atoms with van der Waals surface area (Å²) in [5, 5.41) is 0. The second-order valence-corrected chi connectivity index (χ2v) is 7.48. The maximum atomic E-state index is 11.6. The second kappa shape index (κ2) is 8.11.